The van der Waals surface area contributed by atoms with E-state index in [4.69, 9.17) is 23.1 Å². The average Bonchev–Trinajstić information content (AvgIpc) is 2.13. The Hall–Kier alpha value is -1.14. The zero-order chi connectivity index (χ0) is 11.4. The predicted octanol–water partition coefficient (Wildman–Crippen LogP) is 1.85. The molecule has 1 aromatic carbocycles. The van der Waals surface area contributed by atoms with Crippen molar-refractivity contribution >= 4 is 39.7 Å². The summed E-state index contributed by atoms with van der Waals surface area (Å²) in [6.07, 6.45) is 1.36. The van der Waals surface area contributed by atoms with E-state index < -0.39 is 5.82 Å². The monoisotopic (exact) mass is 292 g/mol. The standard InChI is InChI=1S/C8H7BrClFN4/c9-5-2-7(11)6(10)1-4(5)3-14-15-8(12)13/h1-3H,(H4,12,13,15). The van der Waals surface area contributed by atoms with Crippen LogP contribution in [-0.2, 0) is 0 Å². The fourth-order valence-corrected chi connectivity index (χ4v) is 1.38. The number of halogens is 3. The van der Waals surface area contributed by atoms with Crippen LogP contribution in [0.4, 0.5) is 4.39 Å². The topological polar surface area (TPSA) is 76.8 Å². The molecule has 0 amide bonds. The van der Waals surface area contributed by atoms with Crippen molar-refractivity contribution < 1.29 is 4.39 Å². The third-order valence-corrected chi connectivity index (χ3v) is 2.39. The van der Waals surface area contributed by atoms with Crippen molar-refractivity contribution in [2.75, 3.05) is 0 Å². The van der Waals surface area contributed by atoms with Crippen LogP contribution in [0.3, 0.4) is 0 Å². The number of hydrogen-bond donors (Lipinski definition) is 2. The Morgan fingerprint density at radius 3 is 2.73 bits per heavy atom. The number of nitrogens with zero attached hydrogens (tertiary/aromatic N) is 2. The summed E-state index contributed by atoms with van der Waals surface area (Å²) in [5, 5.41) is 6.98. The molecule has 4 N–H and O–H groups in total. The Kier molecular flexibility index (Phi) is 4.05. The summed E-state index contributed by atoms with van der Waals surface area (Å²) in [4.78, 5) is 0. The van der Waals surface area contributed by atoms with E-state index in [9.17, 15) is 4.39 Å². The second-order valence-electron chi connectivity index (χ2n) is 2.56. The van der Waals surface area contributed by atoms with Crippen LogP contribution in [-0.4, -0.2) is 12.2 Å². The fourth-order valence-electron chi connectivity index (χ4n) is 0.795. The average molecular weight is 294 g/mol. The minimum absolute atomic E-state index is 0.00403. The summed E-state index contributed by atoms with van der Waals surface area (Å²) < 4.78 is 13.4. The predicted molar refractivity (Wildman–Crippen MR) is 62.5 cm³/mol. The molecule has 0 atom stereocenters. The van der Waals surface area contributed by atoms with Gasteiger partial charge in [-0.15, -0.1) is 5.10 Å². The van der Waals surface area contributed by atoms with Gasteiger partial charge in [0.15, 0.2) is 0 Å². The SMILES string of the molecule is NC(N)=NN=Cc1cc(Cl)c(F)cc1Br. The van der Waals surface area contributed by atoms with Crippen LogP contribution in [0.15, 0.2) is 26.8 Å². The Morgan fingerprint density at radius 2 is 2.13 bits per heavy atom. The summed E-state index contributed by atoms with van der Waals surface area (Å²) in [5.41, 5.74) is 10.7. The summed E-state index contributed by atoms with van der Waals surface area (Å²) in [6.45, 7) is 0. The zero-order valence-electron chi connectivity index (χ0n) is 7.42. The quantitative estimate of drug-likeness (QED) is 0.378. The molecule has 4 nitrogen and oxygen atoms in total. The van der Waals surface area contributed by atoms with E-state index in [1.165, 1.54) is 18.3 Å². The highest BCUT2D eigenvalue weighted by atomic mass is 79.9. The van der Waals surface area contributed by atoms with Crippen LogP contribution in [0, 0.1) is 5.82 Å². The van der Waals surface area contributed by atoms with E-state index in [0.29, 0.717) is 10.0 Å². The lowest BCUT2D eigenvalue weighted by Crippen LogP contribution is -2.21. The van der Waals surface area contributed by atoms with Gasteiger partial charge in [-0.2, -0.15) is 5.10 Å². The van der Waals surface area contributed by atoms with Crippen LogP contribution in [0.1, 0.15) is 5.56 Å². The molecule has 0 unspecified atom stereocenters. The van der Waals surface area contributed by atoms with Crippen molar-refractivity contribution in [3.05, 3.63) is 33.0 Å². The van der Waals surface area contributed by atoms with Gasteiger partial charge in [-0.05, 0) is 12.1 Å². The largest absolute Gasteiger partial charge is 0.369 e. The molecule has 0 aliphatic carbocycles. The van der Waals surface area contributed by atoms with Gasteiger partial charge >= 0.3 is 0 Å². The summed E-state index contributed by atoms with van der Waals surface area (Å²) in [7, 11) is 0. The molecule has 0 aliphatic heterocycles. The molecule has 15 heavy (non-hydrogen) atoms. The molecule has 0 saturated heterocycles. The Balaban J connectivity index is 3.01. The van der Waals surface area contributed by atoms with Crippen LogP contribution >= 0.6 is 27.5 Å². The zero-order valence-corrected chi connectivity index (χ0v) is 9.76. The van der Waals surface area contributed by atoms with Gasteiger partial charge < -0.3 is 11.5 Å². The van der Waals surface area contributed by atoms with E-state index in [1.807, 2.05) is 0 Å². The molecular formula is C8H7BrClFN4. The first-order valence-electron chi connectivity index (χ1n) is 3.77. The summed E-state index contributed by atoms with van der Waals surface area (Å²) >= 11 is 8.73. The minimum Gasteiger partial charge on any atom is -0.369 e. The molecule has 80 valence electrons. The molecule has 0 saturated carbocycles. The number of guanidine groups is 1. The lowest BCUT2D eigenvalue weighted by molar-refractivity contribution is 0.627. The first-order valence-corrected chi connectivity index (χ1v) is 4.94. The maximum Gasteiger partial charge on any atom is 0.211 e. The maximum absolute atomic E-state index is 12.9. The van der Waals surface area contributed by atoms with Crippen LogP contribution in [0.5, 0.6) is 0 Å². The molecule has 0 spiro atoms. The summed E-state index contributed by atoms with van der Waals surface area (Å²) in [5.74, 6) is -0.668. The number of rotatable bonds is 2. The van der Waals surface area contributed by atoms with E-state index in [1.54, 1.807) is 0 Å². The highest BCUT2D eigenvalue weighted by Crippen LogP contribution is 2.23. The van der Waals surface area contributed by atoms with Gasteiger partial charge in [-0.3, -0.25) is 0 Å². The van der Waals surface area contributed by atoms with Gasteiger partial charge in [0.2, 0.25) is 5.96 Å². The summed E-state index contributed by atoms with van der Waals surface area (Å²) in [6, 6.07) is 2.64. The number of nitrogens with two attached hydrogens (primary N) is 2. The lowest BCUT2D eigenvalue weighted by atomic mass is 10.2. The molecule has 0 fully saturated rings. The van der Waals surface area contributed by atoms with Gasteiger partial charge in [0.1, 0.15) is 5.82 Å². The van der Waals surface area contributed by atoms with Crippen molar-refractivity contribution in [2.45, 2.75) is 0 Å². The van der Waals surface area contributed by atoms with Crippen molar-refractivity contribution in [1.82, 2.24) is 0 Å². The number of hydrogen-bond acceptors (Lipinski definition) is 2. The first-order chi connectivity index (χ1) is 7.00. The van der Waals surface area contributed by atoms with Crippen molar-refractivity contribution in [1.29, 1.82) is 0 Å². The van der Waals surface area contributed by atoms with E-state index in [2.05, 4.69) is 26.1 Å². The number of benzene rings is 1. The second-order valence-corrected chi connectivity index (χ2v) is 3.82. The molecular weight excluding hydrogens is 286 g/mol. The van der Waals surface area contributed by atoms with Crippen LogP contribution < -0.4 is 11.5 Å². The smallest absolute Gasteiger partial charge is 0.211 e. The third-order valence-electron chi connectivity index (χ3n) is 1.41. The van der Waals surface area contributed by atoms with E-state index in [-0.39, 0.29) is 11.0 Å². The van der Waals surface area contributed by atoms with Crippen LogP contribution in [0.2, 0.25) is 5.02 Å². The molecule has 0 aliphatic rings. The van der Waals surface area contributed by atoms with Gasteiger partial charge in [-0.25, -0.2) is 4.39 Å². The molecule has 7 heteroatoms. The highest BCUT2D eigenvalue weighted by Gasteiger charge is 2.04. The maximum atomic E-state index is 12.9. The van der Waals surface area contributed by atoms with Gasteiger partial charge in [-0.1, -0.05) is 27.5 Å². The van der Waals surface area contributed by atoms with Gasteiger partial charge in [0, 0.05) is 10.0 Å². The molecule has 0 heterocycles. The normalized spacial score (nSPS) is 10.6. The fraction of sp³-hybridized carbons (Fsp3) is 0. The third kappa shape index (κ3) is 3.49. The van der Waals surface area contributed by atoms with E-state index >= 15 is 0 Å². The second kappa shape index (κ2) is 5.09. The van der Waals surface area contributed by atoms with Gasteiger partial charge in [0.05, 0.1) is 11.2 Å². The molecule has 1 rings (SSSR count). The minimum atomic E-state index is -0.512. The van der Waals surface area contributed by atoms with Crippen molar-refractivity contribution in [3.8, 4) is 0 Å². The van der Waals surface area contributed by atoms with Crippen molar-refractivity contribution in [3.63, 3.8) is 0 Å². The molecule has 0 radical (unpaired) electrons. The van der Waals surface area contributed by atoms with Gasteiger partial charge in [0.25, 0.3) is 0 Å². The first kappa shape index (κ1) is 11.9. The molecule has 0 aromatic heterocycles. The van der Waals surface area contributed by atoms with Crippen LogP contribution in [0.25, 0.3) is 0 Å². The Morgan fingerprint density at radius 1 is 1.47 bits per heavy atom. The van der Waals surface area contributed by atoms with E-state index in [0.717, 1.165) is 0 Å². The molecule has 0 bridgehead atoms. The Bertz CT molecular complexity index is 429. The highest BCUT2D eigenvalue weighted by molar-refractivity contribution is 9.10. The van der Waals surface area contributed by atoms with Crippen molar-refractivity contribution in [2.24, 2.45) is 21.7 Å². The molecule has 1 aromatic rings. The lowest BCUT2D eigenvalue weighted by Gasteiger charge is -1.99. The Labute approximate surface area is 98.9 Å².